The third-order valence-corrected chi connectivity index (χ3v) is 3.15. The monoisotopic (exact) mass is 361 g/mol. The normalized spacial score (nSPS) is 11.2. The first-order valence-electron chi connectivity index (χ1n) is 6.77. The second kappa shape index (κ2) is 7.53. The smallest absolute Gasteiger partial charge is 0.422 e. The highest BCUT2D eigenvalue weighted by atomic mass is 35.5. The molecule has 0 aliphatic rings. The van der Waals surface area contributed by atoms with Crippen LogP contribution in [0, 0.1) is 5.82 Å². The maximum Gasteiger partial charge on any atom is 0.422 e. The Labute approximate surface area is 140 Å². The summed E-state index contributed by atoms with van der Waals surface area (Å²) in [5.41, 5.74) is 0.142. The van der Waals surface area contributed by atoms with Crippen LogP contribution in [0.3, 0.4) is 0 Å². The zero-order valence-corrected chi connectivity index (χ0v) is 12.9. The highest BCUT2D eigenvalue weighted by Gasteiger charge is 2.29. The number of amides is 1. The summed E-state index contributed by atoms with van der Waals surface area (Å²) in [4.78, 5) is 12.0. The van der Waals surface area contributed by atoms with Crippen molar-refractivity contribution in [3.63, 3.8) is 0 Å². The van der Waals surface area contributed by atoms with Crippen LogP contribution in [0.25, 0.3) is 0 Å². The van der Waals surface area contributed by atoms with Crippen molar-refractivity contribution in [2.45, 2.75) is 12.6 Å². The molecule has 0 bridgehead atoms. The van der Waals surface area contributed by atoms with E-state index < -0.39 is 24.5 Å². The van der Waals surface area contributed by atoms with Crippen molar-refractivity contribution >= 4 is 23.2 Å². The average molecular weight is 362 g/mol. The second-order valence-electron chi connectivity index (χ2n) is 4.86. The third kappa shape index (κ3) is 5.42. The van der Waals surface area contributed by atoms with Gasteiger partial charge < -0.3 is 10.1 Å². The summed E-state index contributed by atoms with van der Waals surface area (Å²) < 4.78 is 55.0. The van der Waals surface area contributed by atoms with Crippen LogP contribution >= 0.6 is 11.6 Å². The topological polar surface area (TPSA) is 38.3 Å². The highest BCUT2D eigenvalue weighted by molar-refractivity contribution is 6.31. The molecule has 0 spiro atoms. The number of hydrogen-bond donors (Lipinski definition) is 1. The molecule has 0 saturated heterocycles. The highest BCUT2D eigenvalue weighted by Crippen LogP contribution is 2.30. The fourth-order valence-corrected chi connectivity index (χ4v) is 2.07. The molecule has 2 rings (SSSR count). The van der Waals surface area contributed by atoms with Gasteiger partial charge in [-0.2, -0.15) is 13.2 Å². The maximum atomic E-state index is 13.5. The van der Waals surface area contributed by atoms with Crippen molar-refractivity contribution in [1.82, 2.24) is 0 Å². The Morgan fingerprint density at radius 1 is 1.17 bits per heavy atom. The number of alkyl halides is 3. The summed E-state index contributed by atoms with van der Waals surface area (Å²) in [7, 11) is 0. The number of nitrogens with one attached hydrogen (secondary N) is 1. The van der Waals surface area contributed by atoms with E-state index in [4.69, 9.17) is 11.6 Å². The van der Waals surface area contributed by atoms with Crippen molar-refractivity contribution in [2.75, 3.05) is 11.9 Å². The first-order chi connectivity index (χ1) is 11.2. The Hall–Kier alpha value is -2.28. The lowest BCUT2D eigenvalue weighted by molar-refractivity contribution is -0.153. The predicted octanol–water partition coefficient (Wildman–Crippen LogP) is 4.60. The van der Waals surface area contributed by atoms with E-state index in [9.17, 15) is 22.4 Å². The Morgan fingerprint density at radius 2 is 1.88 bits per heavy atom. The molecule has 2 aromatic carbocycles. The van der Waals surface area contributed by atoms with E-state index in [1.807, 2.05) is 0 Å². The van der Waals surface area contributed by atoms with Gasteiger partial charge in [-0.1, -0.05) is 29.8 Å². The fourth-order valence-electron chi connectivity index (χ4n) is 1.89. The van der Waals surface area contributed by atoms with Gasteiger partial charge in [0.05, 0.1) is 12.1 Å². The first kappa shape index (κ1) is 18.1. The summed E-state index contributed by atoms with van der Waals surface area (Å²) in [6.45, 7) is -1.51. The molecule has 0 atom stereocenters. The summed E-state index contributed by atoms with van der Waals surface area (Å²) >= 11 is 5.79. The van der Waals surface area contributed by atoms with Gasteiger partial charge in [0.2, 0.25) is 5.91 Å². The van der Waals surface area contributed by atoms with Gasteiger partial charge in [-0.15, -0.1) is 0 Å². The lowest BCUT2D eigenvalue weighted by Gasteiger charge is -2.14. The maximum absolute atomic E-state index is 13.5. The standard InChI is InChI=1S/C16H12ClF4NO2/c17-11-5-6-14(24-9-16(19,20)21)13(8-11)22-15(23)7-10-3-1-2-4-12(10)18/h1-6,8H,7,9H2,(H,22,23). The van der Waals surface area contributed by atoms with E-state index in [0.29, 0.717) is 0 Å². The number of benzene rings is 2. The molecule has 0 aliphatic carbocycles. The molecular formula is C16H12ClF4NO2. The van der Waals surface area contributed by atoms with Gasteiger partial charge in [0, 0.05) is 5.02 Å². The predicted molar refractivity (Wildman–Crippen MR) is 81.7 cm³/mol. The number of rotatable bonds is 5. The number of carbonyl (C=O) groups is 1. The Bertz CT molecular complexity index is 734. The Balaban J connectivity index is 2.11. The summed E-state index contributed by atoms with van der Waals surface area (Å²) in [5.74, 6) is -1.34. The molecule has 1 N–H and O–H groups in total. The van der Waals surface area contributed by atoms with Gasteiger partial charge in [-0.05, 0) is 29.8 Å². The molecule has 24 heavy (non-hydrogen) atoms. The van der Waals surface area contributed by atoms with Gasteiger partial charge in [0.25, 0.3) is 0 Å². The fraction of sp³-hybridized carbons (Fsp3) is 0.188. The lowest BCUT2D eigenvalue weighted by Crippen LogP contribution is -2.21. The molecule has 0 heterocycles. The van der Waals surface area contributed by atoms with Crippen LogP contribution in [-0.4, -0.2) is 18.7 Å². The van der Waals surface area contributed by atoms with Gasteiger partial charge >= 0.3 is 6.18 Å². The molecule has 0 saturated carbocycles. The molecule has 0 unspecified atom stereocenters. The van der Waals surface area contributed by atoms with Crippen molar-refractivity contribution < 1.29 is 27.1 Å². The first-order valence-corrected chi connectivity index (χ1v) is 7.15. The molecule has 3 nitrogen and oxygen atoms in total. The van der Waals surface area contributed by atoms with E-state index in [2.05, 4.69) is 10.1 Å². The average Bonchev–Trinajstić information content (AvgIpc) is 2.48. The van der Waals surface area contributed by atoms with Crippen LogP contribution in [0.4, 0.5) is 23.2 Å². The molecule has 128 valence electrons. The minimum atomic E-state index is -4.52. The van der Waals surface area contributed by atoms with Crippen LogP contribution in [0.2, 0.25) is 5.02 Å². The Kier molecular flexibility index (Phi) is 5.66. The number of halogens is 5. The summed E-state index contributed by atoms with van der Waals surface area (Å²) in [6.07, 6.45) is -4.80. The van der Waals surface area contributed by atoms with Gasteiger partial charge in [0.1, 0.15) is 11.6 Å². The van der Waals surface area contributed by atoms with Crippen molar-refractivity contribution in [3.8, 4) is 5.75 Å². The van der Waals surface area contributed by atoms with Crippen LogP contribution < -0.4 is 10.1 Å². The molecule has 8 heteroatoms. The zero-order chi connectivity index (χ0) is 17.7. The summed E-state index contributed by atoms with van der Waals surface area (Å²) in [6, 6.07) is 9.51. The van der Waals surface area contributed by atoms with Crippen LogP contribution in [0.15, 0.2) is 42.5 Å². The third-order valence-electron chi connectivity index (χ3n) is 2.92. The van der Waals surface area contributed by atoms with E-state index >= 15 is 0 Å². The van der Waals surface area contributed by atoms with Gasteiger partial charge in [-0.25, -0.2) is 4.39 Å². The SMILES string of the molecule is O=C(Cc1ccccc1F)Nc1cc(Cl)ccc1OCC(F)(F)F. The van der Waals surface area contributed by atoms with Crippen LogP contribution in [-0.2, 0) is 11.2 Å². The van der Waals surface area contributed by atoms with Gasteiger partial charge in [0.15, 0.2) is 6.61 Å². The van der Waals surface area contributed by atoms with Crippen molar-refractivity contribution in [3.05, 3.63) is 58.9 Å². The van der Waals surface area contributed by atoms with E-state index in [-0.39, 0.29) is 28.4 Å². The molecular weight excluding hydrogens is 350 g/mol. The minimum Gasteiger partial charge on any atom is -0.482 e. The molecule has 0 aromatic heterocycles. The number of hydrogen-bond acceptors (Lipinski definition) is 2. The minimum absolute atomic E-state index is 0.0203. The molecule has 0 aliphatic heterocycles. The Morgan fingerprint density at radius 3 is 2.54 bits per heavy atom. The molecule has 1 amide bonds. The van der Waals surface area contributed by atoms with E-state index in [1.54, 1.807) is 6.07 Å². The van der Waals surface area contributed by atoms with Crippen LogP contribution in [0.1, 0.15) is 5.56 Å². The van der Waals surface area contributed by atoms with Crippen molar-refractivity contribution in [1.29, 1.82) is 0 Å². The molecule has 0 radical (unpaired) electrons. The van der Waals surface area contributed by atoms with Gasteiger partial charge in [-0.3, -0.25) is 4.79 Å². The number of carbonyl (C=O) groups excluding carboxylic acids is 1. The number of ether oxygens (including phenoxy) is 1. The van der Waals surface area contributed by atoms with E-state index in [1.165, 1.54) is 36.4 Å². The summed E-state index contributed by atoms with van der Waals surface area (Å²) in [5, 5.41) is 2.59. The van der Waals surface area contributed by atoms with Crippen LogP contribution in [0.5, 0.6) is 5.75 Å². The molecule has 0 fully saturated rings. The van der Waals surface area contributed by atoms with E-state index in [0.717, 1.165) is 0 Å². The molecule has 2 aromatic rings. The lowest BCUT2D eigenvalue weighted by atomic mass is 10.1. The quantitative estimate of drug-likeness (QED) is 0.790. The largest absolute Gasteiger partial charge is 0.482 e. The number of anilines is 1. The zero-order valence-electron chi connectivity index (χ0n) is 12.2. The second-order valence-corrected chi connectivity index (χ2v) is 5.30. The van der Waals surface area contributed by atoms with Crippen molar-refractivity contribution in [2.24, 2.45) is 0 Å².